The molecule has 3 N–H and O–H groups in total. The number of aromatic nitrogens is 3. The van der Waals surface area contributed by atoms with Gasteiger partial charge in [0.15, 0.2) is 11.8 Å². The highest BCUT2D eigenvalue weighted by Crippen LogP contribution is 2.13. The summed E-state index contributed by atoms with van der Waals surface area (Å²) in [6.07, 6.45) is 1.76. The van der Waals surface area contributed by atoms with Gasteiger partial charge in [0.25, 0.3) is 0 Å². The Balaban J connectivity index is 1.80. The number of fused-ring (bicyclic) bond motifs is 1. The van der Waals surface area contributed by atoms with Gasteiger partial charge in [-0.2, -0.15) is 5.10 Å². The van der Waals surface area contributed by atoms with Crippen LogP contribution in [0.5, 0.6) is 0 Å². The molecule has 0 radical (unpaired) electrons. The topological polar surface area (TPSA) is 123 Å². The summed E-state index contributed by atoms with van der Waals surface area (Å²) in [6, 6.07) is 0.183. The van der Waals surface area contributed by atoms with Gasteiger partial charge in [-0.3, -0.25) is 4.99 Å². The van der Waals surface area contributed by atoms with Crippen molar-refractivity contribution in [1.82, 2.24) is 30.1 Å². The lowest BCUT2D eigenvalue weighted by molar-refractivity contribution is 0.177. The Morgan fingerprint density at radius 3 is 2.92 bits per heavy atom. The maximum atomic E-state index is 11.4. The maximum Gasteiger partial charge on any atom is 0.211 e. The van der Waals surface area contributed by atoms with E-state index in [2.05, 4.69) is 30.4 Å². The van der Waals surface area contributed by atoms with Crippen molar-refractivity contribution >= 4 is 16.0 Å². The highest BCUT2D eigenvalue weighted by Gasteiger charge is 2.22. The predicted octanol–water partition coefficient (Wildman–Crippen LogP) is -1.16. The largest absolute Gasteiger partial charge is 0.377 e. The second kappa shape index (κ2) is 9.11. The molecule has 2 rings (SSSR count). The van der Waals surface area contributed by atoms with Gasteiger partial charge < -0.3 is 15.4 Å². The van der Waals surface area contributed by atoms with Crippen molar-refractivity contribution in [3.63, 3.8) is 0 Å². The molecule has 11 heteroatoms. The Morgan fingerprint density at radius 1 is 1.44 bits per heavy atom. The van der Waals surface area contributed by atoms with Gasteiger partial charge in [0.05, 0.1) is 12.3 Å². The molecule has 1 aromatic rings. The SMILES string of the molecule is CCS(=O)(=O)NCCNC(=NC)NC1CCc2nc(COC)nn2C1. The summed E-state index contributed by atoms with van der Waals surface area (Å²) in [4.78, 5) is 8.63. The molecule has 10 nitrogen and oxygen atoms in total. The zero-order valence-corrected chi connectivity index (χ0v) is 15.8. The molecule has 142 valence electrons. The Kier molecular flexibility index (Phi) is 7.14. The van der Waals surface area contributed by atoms with Crippen LogP contribution in [0.15, 0.2) is 4.99 Å². The number of nitrogens with one attached hydrogen (secondary N) is 3. The molecule has 1 aliphatic rings. The van der Waals surface area contributed by atoms with E-state index in [1.807, 2.05) is 4.68 Å². The highest BCUT2D eigenvalue weighted by molar-refractivity contribution is 7.89. The Morgan fingerprint density at radius 2 is 2.24 bits per heavy atom. The van der Waals surface area contributed by atoms with E-state index in [1.165, 1.54) is 0 Å². The molecule has 0 spiro atoms. The van der Waals surface area contributed by atoms with Crippen LogP contribution in [-0.4, -0.2) is 68.2 Å². The third-order valence-corrected chi connectivity index (χ3v) is 5.26. The van der Waals surface area contributed by atoms with Crippen LogP contribution in [0.3, 0.4) is 0 Å². The second-order valence-corrected chi connectivity index (χ2v) is 7.83. The van der Waals surface area contributed by atoms with Crippen molar-refractivity contribution in [2.75, 3.05) is 33.0 Å². The summed E-state index contributed by atoms with van der Waals surface area (Å²) in [5.74, 6) is 2.39. The molecule has 0 saturated carbocycles. The fourth-order valence-corrected chi connectivity index (χ4v) is 3.16. The summed E-state index contributed by atoms with van der Waals surface area (Å²) >= 11 is 0. The smallest absolute Gasteiger partial charge is 0.211 e. The fraction of sp³-hybridized carbons (Fsp3) is 0.786. The minimum absolute atomic E-state index is 0.0767. The molecule has 0 fully saturated rings. The lowest BCUT2D eigenvalue weighted by Gasteiger charge is -2.25. The van der Waals surface area contributed by atoms with E-state index in [-0.39, 0.29) is 11.8 Å². The zero-order valence-electron chi connectivity index (χ0n) is 14.9. The summed E-state index contributed by atoms with van der Waals surface area (Å²) in [5.41, 5.74) is 0. The second-order valence-electron chi connectivity index (χ2n) is 5.74. The number of nitrogens with zero attached hydrogens (tertiary/aromatic N) is 4. The Hall–Kier alpha value is -1.72. The summed E-state index contributed by atoms with van der Waals surface area (Å²) in [6.45, 7) is 3.49. The van der Waals surface area contributed by atoms with E-state index in [4.69, 9.17) is 4.74 Å². The standard InChI is InChI=1S/C14H27N7O3S/c1-4-25(22,23)17-8-7-16-14(15-2)18-11-5-6-13-19-12(10-24-3)20-21(13)9-11/h11,17H,4-10H2,1-3H3,(H2,15,16,18). The van der Waals surface area contributed by atoms with Crippen molar-refractivity contribution in [1.29, 1.82) is 0 Å². The van der Waals surface area contributed by atoms with Crippen molar-refractivity contribution < 1.29 is 13.2 Å². The number of sulfonamides is 1. The van der Waals surface area contributed by atoms with Crippen molar-refractivity contribution in [3.8, 4) is 0 Å². The minimum atomic E-state index is -3.17. The van der Waals surface area contributed by atoms with Crippen molar-refractivity contribution in [2.45, 2.75) is 39.0 Å². The van der Waals surface area contributed by atoms with E-state index in [1.54, 1.807) is 21.1 Å². The first-order valence-electron chi connectivity index (χ1n) is 8.33. The zero-order chi connectivity index (χ0) is 18.3. The first kappa shape index (κ1) is 19.6. The predicted molar refractivity (Wildman–Crippen MR) is 94.8 cm³/mol. The van der Waals surface area contributed by atoms with Crippen molar-refractivity contribution in [2.24, 2.45) is 4.99 Å². The van der Waals surface area contributed by atoms with Gasteiger partial charge in [0.2, 0.25) is 10.0 Å². The first-order chi connectivity index (χ1) is 12.0. The van der Waals surface area contributed by atoms with Gasteiger partial charge in [-0.1, -0.05) is 0 Å². The molecule has 2 heterocycles. The number of hydrogen-bond acceptors (Lipinski definition) is 6. The molecule has 1 aromatic heterocycles. The molecule has 0 aliphatic carbocycles. The highest BCUT2D eigenvalue weighted by atomic mass is 32.2. The Labute approximate surface area is 148 Å². The molecule has 1 atom stereocenters. The molecular formula is C14H27N7O3S. The maximum absolute atomic E-state index is 11.4. The van der Waals surface area contributed by atoms with Crippen LogP contribution in [0, 0.1) is 0 Å². The normalized spacial score (nSPS) is 18.0. The number of rotatable bonds is 8. The van der Waals surface area contributed by atoms with Gasteiger partial charge in [-0.25, -0.2) is 22.8 Å². The number of aryl methyl sites for hydroxylation is 1. The average Bonchev–Trinajstić information content (AvgIpc) is 2.99. The van der Waals surface area contributed by atoms with E-state index in [0.717, 1.165) is 18.7 Å². The average molecular weight is 373 g/mol. The van der Waals surface area contributed by atoms with Gasteiger partial charge in [0, 0.05) is 39.7 Å². The quantitative estimate of drug-likeness (QED) is 0.298. The summed E-state index contributed by atoms with van der Waals surface area (Å²) in [5, 5.41) is 10.9. The van der Waals surface area contributed by atoms with Crippen LogP contribution in [-0.2, 0) is 34.3 Å². The molecule has 0 saturated heterocycles. The lowest BCUT2D eigenvalue weighted by Crippen LogP contribution is -2.48. The van der Waals surface area contributed by atoms with Crippen LogP contribution in [0.25, 0.3) is 0 Å². The number of methoxy groups -OCH3 is 1. The summed E-state index contributed by atoms with van der Waals surface area (Å²) in [7, 11) is 0.146. The van der Waals surface area contributed by atoms with Gasteiger partial charge in [0.1, 0.15) is 12.4 Å². The molecular weight excluding hydrogens is 346 g/mol. The van der Waals surface area contributed by atoms with Crippen LogP contribution in [0.2, 0.25) is 0 Å². The third kappa shape index (κ3) is 5.94. The van der Waals surface area contributed by atoms with E-state index >= 15 is 0 Å². The van der Waals surface area contributed by atoms with Crippen LogP contribution in [0.1, 0.15) is 25.0 Å². The molecule has 25 heavy (non-hydrogen) atoms. The van der Waals surface area contributed by atoms with Gasteiger partial charge in [-0.15, -0.1) is 0 Å². The van der Waals surface area contributed by atoms with E-state index in [0.29, 0.717) is 38.0 Å². The molecule has 0 amide bonds. The van der Waals surface area contributed by atoms with Crippen LogP contribution >= 0.6 is 0 Å². The number of ether oxygens (including phenoxy) is 1. The van der Waals surface area contributed by atoms with Gasteiger partial charge in [-0.05, 0) is 13.3 Å². The van der Waals surface area contributed by atoms with E-state index < -0.39 is 10.0 Å². The fourth-order valence-electron chi connectivity index (χ4n) is 2.55. The molecule has 0 bridgehead atoms. The number of guanidine groups is 1. The van der Waals surface area contributed by atoms with Crippen LogP contribution in [0.4, 0.5) is 0 Å². The third-order valence-electron chi connectivity index (χ3n) is 3.86. The van der Waals surface area contributed by atoms with Crippen molar-refractivity contribution in [3.05, 3.63) is 11.6 Å². The van der Waals surface area contributed by atoms with Gasteiger partial charge >= 0.3 is 0 Å². The minimum Gasteiger partial charge on any atom is -0.377 e. The molecule has 1 unspecified atom stereocenters. The molecule has 1 aliphatic heterocycles. The van der Waals surface area contributed by atoms with E-state index in [9.17, 15) is 8.42 Å². The summed E-state index contributed by atoms with van der Waals surface area (Å²) < 4.78 is 32.3. The monoisotopic (exact) mass is 373 g/mol. The van der Waals surface area contributed by atoms with Crippen LogP contribution < -0.4 is 15.4 Å². The number of hydrogen-bond donors (Lipinski definition) is 3. The first-order valence-corrected chi connectivity index (χ1v) is 9.98. The lowest BCUT2D eigenvalue weighted by atomic mass is 10.1. The molecule has 0 aromatic carbocycles. The Bertz CT molecular complexity index is 687. The number of aliphatic imine (C=N–C) groups is 1.